The van der Waals surface area contributed by atoms with E-state index < -0.39 is 0 Å². The molecule has 122 valence electrons. The molecule has 1 heterocycles. The highest BCUT2D eigenvalue weighted by Gasteiger charge is 2.11. The summed E-state index contributed by atoms with van der Waals surface area (Å²) >= 11 is 0. The minimum absolute atomic E-state index is 0.263. The molecule has 23 heavy (non-hydrogen) atoms. The first kappa shape index (κ1) is 16.5. The summed E-state index contributed by atoms with van der Waals surface area (Å²) in [6, 6.07) is 7.12. The molecule has 7 nitrogen and oxygen atoms in total. The Morgan fingerprint density at radius 1 is 1.26 bits per heavy atom. The van der Waals surface area contributed by atoms with E-state index >= 15 is 0 Å². The molecule has 2 rings (SSSR count). The molecular formula is C16H21N5O2. The van der Waals surface area contributed by atoms with Crippen molar-refractivity contribution in [2.45, 2.75) is 26.3 Å². The predicted octanol–water partition coefficient (Wildman–Crippen LogP) is 2.80. The van der Waals surface area contributed by atoms with Gasteiger partial charge in [0.15, 0.2) is 11.6 Å². The molecule has 0 fully saturated rings. The number of nitrogens with one attached hydrogen (secondary N) is 2. The minimum atomic E-state index is -0.377. The number of carbonyl (C=O) groups is 1. The van der Waals surface area contributed by atoms with Crippen molar-refractivity contribution in [2.24, 2.45) is 0 Å². The van der Waals surface area contributed by atoms with E-state index in [2.05, 4.69) is 39.2 Å². The molecule has 0 radical (unpaired) electrons. The van der Waals surface area contributed by atoms with Gasteiger partial charge < -0.3 is 21.1 Å². The van der Waals surface area contributed by atoms with Gasteiger partial charge in [0.2, 0.25) is 0 Å². The number of anilines is 4. The molecule has 1 aromatic carbocycles. The van der Waals surface area contributed by atoms with Crippen molar-refractivity contribution in [3.63, 3.8) is 0 Å². The fourth-order valence-corrected chi connectivity index (χ4v) is 1.89. The Morgan fingerprint density at radius 2 is 1.91 bits per heavy atom. The first-order valence-electron chi connectivity index (χ1n) is 7.37. The van der Waals surface area contributed by atoms with Crippen LogP contribution in [-0.2, 0) is 4.74 Å². The molecule has 1 unspecified atom stereocenters. The number of aromatic nitrogens is 2. The van der Waals surface area contributed by atoms with Gasteiger partial charge in [-0.3, -0.25) is 0 Å². The highest BCUT2D eigenvalue weighted by atomic mass is 16.5. The van der Waals surface area contributed by atoms with E-state index in [0.717, 1.165) is 12.1 Å². The summed E-state index contributed by atoms with van der Waals surface area (Å²) in [5, 5.41) is 6.36. The Bertz CT molecular complexity index is 673. The molecule has 0 bridgehead atoms. The molecule has 1 atom stereocenters. The number of rotatable bonds is 6. The van der Waals surface area contributed by atoms with Gasteiger partial charge in [-0.25, -0.2) is 14.8 Å². The largest absolute Gasteiger partial charge is 0.465 e. The van der Waals surface area contributed by atoms with Crippen molar-refractivity contribution in [3.8, 4) is 0 Å². The lowest BCUT2D eigenvalue weighted by Gasteiger charge is -2.16. The second-order valence-electron chi connectivity index (χ2n) is 5.13. The maximum Gasteiger partial charge on any atom is 0.337 e. The first-order chi connectivity index (χ1) is 11.0. The summed E-state index contributed by atoms with van der Waals surface area (Å²) in [4.78, 5) is 19.8. The Balaban J connectivity index is 2.16. The lowest BCUT2D eigenvalue weighted by molar-refractivity contribution is 0.0601. The number of benzene rings is 1. The van der Waals surface area contributed by atoms with E-state index in [0.29, 0.717) is 22.9 Å². The average molecular weight is 315 g/mol. The van der Waals surface area contributed by atoms with Crippen LogP contribution in [0.5, 0.6) is 0 Å². The Kier molecular flexibility index (Phi) is 5.35. The van der Waals surface area contributed by atoms with Gasteiger partial charge in [-0.2, -0.15) is 0 Å². The SMILES string of the molecule is CCC(C)Nc1ncnc(Nc2ccc(C(=O)OC)cc2)c1N. The number of nitrogens with zero attached hydrogens (tertiary/aromatic N) is 2. The van der Waals surface area contributed by atoms with Gasteiger partial charge in [-0.1, -0.05) is 6.92 Å². The third kappa shape index (κ3) is 4.09. The Morgan fingerprint density at radius 3 is 2.52 bits per heavy atom. The molecule has 1 aromatic heterocycles. The fraction of sp³-hybridized carbons (Fsp3) is 0.312. The minimum Gasteiger partial charge on any atom is -0.465 e. The van der Waals surface area contributed by atoms with Gasteiger partial charge in [0.25, 0.3) is 0 Å². The van der Waals surface area contributed by atoms with Crippen LogP contribution in [0, 0.1) is 0 Å². The molecule has 0 aliphatic carbocycles. The average Bonchev–Trinajstić information content (AvgIpc) is 2.58. The lowest BCUT2D eigenvalue weighted by atomic mass is 10.2. The summed E-state index contributed by atoms with van der Waals surface area (Å²) in [7, 11) is 1.35. The molecule has 0 amide bonds. The summed E-state index contributed by atoms with van der Waals surface area (Å²) in [5.74, 6) is 0.734. The molecule has 2 aromatic rings. The van der Waals surface area contributed by atoms with Gasteiger partial charge in [-0.15, -0.1) is 0 Å². The van der Waals surface area contributed by atoms with Crippen LogP contribution in [0.25, 0.3) is 0 Å². The van der Waals surface area contributed by atoms with Crippen LogP contribution in [0.3, 0.4) is 0 Å². The van der Waals surface area contributed by atoms with Crippen molar-refractivity contribution >= 4 is 29.0 Å². The van der Waals surface area contributed by atoms with Gasteiger partial charge in [0.05, 0.1) is 12.7 Å². The fourth-order valence-electron chi connectivity index (χ4n) is 1.89. The van der Waals surface area contributed by atoms with E-state index in [4.69, 9.17) is 5.73 Å². The molecule has 4 N–H and O–H groups in total. The highest BCUT2D eigenvalue weighted by molar-refractivity contribution is 5.90. The molecule has 0 saturated carbocycles. The van der Waals surface area contributed by atoms with Crippen LogP contribution in [0.15, 0.2) is 30.6 Å². The number of esters is 1. The summed E-state index contributed by atoms with van der Waals surface area (Å²) in [6.45, 7) is 4.14. The second kappa shape index (κ2) is 7.44. The van der Waals surface area contributed by atoms with Crippen molar-refractivity contribution in [1.29, 1.82) is 0 Å². The number of hydrogen-bond donors (Lipinski definition) is 3. The monoisotopic (exact) mass is 315 g/mol. The number of carbonyl (C=O) groups excluding carboxylic acids is 1. The highest BCUT2D eigenvalue weighted by Crippen LogP contribution is 2.26. The quantitative estimate of drug-likeness (QED) is 0.704. The molecule has 0 aliphatic rings. The summed E-state index contributed by atoms with van der Waals surface area (Å²) in [5.41, 5.74) is 7.80. The van der Waals surface area contributed by atoms with Crippen LogP contribution < -0.4 is 16.4 Å². The third-order valence-electron chi connectivity index (χ3n) is 3.45. The van der Waals surface area contributed by atoms with E-state index in [1.165, 1.54) is 13.4 Å². The molecule has 0 spiro atoms. The van der Waals surface area contributed by atoms with Crippen molar-refractivity contribution in [1.82, 2.24) is 9.97 Å². The maximum absolute atomic E-state index is 11.4. The summed E-state index contributed by atoms with van der Waals surface area (Å²) < 4.78 is 4.67. The zero-order valence-corrected chi connectivity index (χ0v) is 13.5. The van der Waals surface area contributed by atoms with Crippen molar-refractivity contribution in [3.05, 3.63) is 36.2 Å². The predicted molar refractivity (Wildman–Crippen MR) is 90.9 cm³/mol. The van der Waals surface area contributed by atoms with Gasteiger partial charge in [0.1, 0.15) is 12.0 Å². The lowest BCUT2D eigenvalue weighted by Crippen LogP contribution is -2.16. The standard InChI is InChI=1S/C16H21N5O2/c1-4-10(2)20-14-13(17)15(19-9-18-14)21-12-7-5-11(6-8-12)16(22)23-3/h5-10H,4,17H2,1-3H3,(H2,18,19,20,21). The smallest absolute Gasteiger partial charge is 0.337 e. The Labute approximate surface area is 135 Å². The van der Waals surface area contributed by atoms with Crippen LogP contribution in [0.2, 0.25) is 0 Å². The normalized spacial score (nSPS) is 11.6. The number of nitrogens with two attached hydrogens (primary N) is 1. The second-order valence-corrected chi connectivity index (χ2v) is 5.13. The van der Waals surface area contributed by atoms with Gasteiger partial charge >= 0.3 is 5.97 Å². The molecular weight excluding hydrogens is 294 g/mol. The molecule has 0 saturated heterocycles. The number of hydrogen-bond acceptors (Lipinski definition) is 7. The third-order valence-corrected chi connectivity index (χ3v) is 3.45. The topological polar surface area (TPSA) is 102 Å². The molecule has 0 aliphatic heterocycles. The first-order valence-corrected chi connectivity index (χ1v) is 7.37. The number of nitrogen functional groups attached to an aromatic ring is 1. The van der Waals surface area contributed by atoms with E-state index in [-0.39, 0.29) is 12.0 Å². The van der Waals surface area contributed by atoms with Crippen molar-refractivity contribution in [2.75, 3.05) is 23.5 Å². The number of methoxy groups -OCH3 is 1. The Hall–Kier alpha value is -2.83. The van der Waals surface area contributed by atoms with Crippen LogP contribution in [0.4, 0.5) is 23.0 Å². The maximum atomic E-state index is 11.4. The van der Waals surface area contributed by atoms with Gasteiger partial charge in [-0.05, 0) is 37.6 Å². The van der Waals surface area contributed by atoms with E-state index in [1.807, 2.05) is 0 Å². The van der Waals surface area contributed by atoms with Crippen molar-refractivity contribution < 1.29 is 9.53 Å². The van der Waals surface area contributed by atoms with Gasteiger partial charge in [0, 0.05) is 11.7 Å². The molecule has 7 heteroatoms. The summed E-state index contributed by atoms with van der Waals surface area (Å²) in [6.07, 6.45) is 2.41. The zero-order chi connectivity index (χ0) is 16.8. The van der Waals surface area contributed by atoms with Crippen LogP contribution >= 0.6 is 0 Å². The van der Waals surface area contributed by atoms with Crippen LogP contribution in [0.1, 0.15) is 30.6 Å². The zero-order valence-electron chi connectivity index (χ0n) is 13.5. The van der Waals surface area contributed by atoms with E-state index in [9.17, 15) is 4.79 Å². The van der Waals surface area contributed by atoms with E-state index in [1.54, 1.807) is 24.3 Å². The van der Waals surface area contributed by atoms with Crippen LogP contribution in [-0.4, -0.2) is 29.1 Å². The number of ether oxygens (including phenoxy) is 1.